The Kier molecular flexibility index (Phi) is 5.24. The third-order valence-corrected chi connectivity index (χ3v) is 6.62. The molecule has 4 nitrogen and oxygen atoms in total. The average molecular weight is 415 g/mol. The van der Waals surface area contributed by atoms with Crippen molar-refractivity contribution < 1.29 is 18.8 Å². The molecule has 0 bridgehead atoms. The zero-order valence-corrected chi connectivity index (χ0v) is 17.9. The number of quaternary nitrogens is 1. The van der Waals surface area contributed by atoms with E-state index in [0.717, 1.165) is 59.6 Å². The minimum Gasteiger partial charge on any atom is -0.457 e. The molecule has 1 saturated heterocycles. The van der Waals surface area contributed by atoms with Gasteiger partial charge in [0.15, 0.2) is 6.10 Å². The molecule has 0 aromatic heterocycles. The van der Waals surface area contributed by atoms with Crippen LogP contribution in [0, 0.1) is 0 Å². The van der Waals surface area contributed by atoms with E-state index in [1.165, 1.54) is 5.56 Å². The zero-order valence-electron chi connectivity index (χ0n) is 17.9. The highest BCUT2D eigenvalue weighted by Gasteiger charge is 2.40. The largest absolute Gasteiger partial charge is 0.457 e. The molecule has 2 heterocycles. The summed E-state index contributed by atoms with van der Waals surface area (Å²) in [5.41, 5.74) is 3.12. The monoisotopic (exact) mass is 414 g/mol. The molecule has 158 valence electrons. The van der Waals surface area contributed by atoms with Crippen LogP contribution in [0.5, 0.6) is 11.5 Å². The maximum atomic E-state index is 13.4. The van der Waals surface area contributed by atoms with Gasteiger partial charge in [0.25, 0.3) is 0 Å². The fourth-order valence-electron chi connectivity index (χ4n) is 4.87. The molecule has 3 aromatic rings. The Bertz CT molecular complexity index is 1040. The molecule has 0 saturated carbocycles. The lowest BCUT2D eigenvalue weighted by molar-refractivity contribution is -0.898. The summed E-state index contributed by atoms with van der Waals surface area (Å²) >= 11 is 0. The highest BCUT2D eigenvalue weighted by molar-refractivity contribution is 5.85. The van der Waals surface area contributed by atoms with Crippen molar-refractivity contribution in [1.82, 2.24) is 0 Å². The first-order valence-corrected chi connectivity index (χ1v) is 11.0. The van der Waals surface area contributed by atoms with Gasteiger partial charge >= 0.3 is 5.97 Å². The number of benzene rings is 3. The summed E-state index contributed by atoms with van der Waals surface area (Å²) in [5, 5.41) is 0. The van der Waals surface area contributed by atoms with Gasteiger partial charge in [-0.05, 0) is 17.7 Å². The van der Waals surface area contributed by atoms with Gasteiger partial charge in [-0.1, -0.05) is 66.7 Å². The van der Waals surface area contributed by atoms with Crippen molar-refractivity contribution in [3.63, 3.8) is 0 Å². The minimum absolute atomic E-state index is 0.0459. The van der Waals surface area contributed by atoms with Gasteiger partial charge in [-0.3, -0.25) is 4.79 Å². The van der Waals surface area contributed by atoms with Crippen molar-refractivity contribution in [2.45, 2.75) is 24.9 Å². The van der Waals surface area contributed by atoms with Gasteiger partial charge in [0.2, 0.25) is 0 Å². The maximum Gasteiger partial charge on any atom is 0.318 e. The van der Waals surface area contributed by atoms with Crippen LogP contribution in [0.4, 0.5) is 0 Å². The smallest absolute Gasteiger partial charge is 0.318 e. The van der Waals surface area contributed by atoms with Crippen LogP contribution in [-0.2, 0) is 16.0 Å². The summed E-state index contributed by atoms with van der Waals surface area (Å²) in [5.74, 6) is 0.852. The third kappa shape index (κ3) is 4.08. The van der Waals surface area contributed by atoms with E-state index in [0.29, 0.717) is 0 Å². The zero-order chi connectivity index (χ0) is 21.3. The van der Waals surface area contributed by atoms with E-state index in [2.05, 4.69) is 37.4 Å². The second kappa shape index (κ2) is 8.20. The van der Waals surface area contributed by atoms with E-state index < -0.39 is 5.92 Å². The van der Waals surface area contributed by atoms with Crippen LogP contribution < -0.4 is 4.74 Å². The predicted molar refractivity (Wildman–Crippen MR) is 120 cm³/mol. The van der Waals surface area contributed by atoms with E-state index in [1.807, 2.05) is 48.5 Å². The molecule has 3 aromatic carbocycles. The first-order valence-electron chi connectivity index (χ1n) is 11.0. The number of para-hydroxylation sites is 2. The van der Waals surface area contributed by atoms with Gasteiger partial charge in [0.05, 0.1) is 20.1 Å². The molecule has 0 N–H and O–H groups in total. The first-order chi connectivity index (χ1) is 15.1. The number of rotatable bonds is 5. The molecule has 0 radical (unpaired) electrons. The van der Waals surface area contributed by atoms with E-state index in [9.17, 15) is 4.79 Å². The number of carbonyl (C=O) groups is 1. The molecule has 0 spiro atoms. The fourth-order valence-corrected chi connectivity index (χ4v) is 4.87. The Morgan fingerprint density at radius 1 is 0.935 bits per heavy atom. The summed E-state index contributed by atoms with van der Waals surface area (Å²) in [7, 11) is 2.27. The van der Waals surface area contributed by atoms with Crippen molar-refractivity contribution in [1.29, 1.82) is 0 Å². The fraction of sp³-hybridized carbons (Fsp3) is 0.296. The van der Waals surface area contributed by atoms with Gasteiger partial charge < -0.3 is 14.0 Å². The van der Waals surface area contributed by atoms with Gasteiger partial charge in [-0.15, -0.1) is 0 Å². The van der Waals surface area contributed by atoms with Crippen molar-refractivity contribution in [3.05, 3.63) is 95.6 Å². The summed E-state index contributed by atoms with van der Waals surface area (Å²) in [6.07, 6.45) is 1.90. The van der Waals surface area contributed by atoms with Crippen LogP contribution in [0.2, 0.25) is 0 Å². The Balaban J connectivity index is 1.29. The summed E-state index contributed by atoms with van der Waals surface area (Å²) in [6.45, 7) is 2.96. The normalized spacial score (nSPS) is 22.3. The Morgan fingerprint density at radius 2 is 1.55 bits per heavy atom. The molecule has 5 rings (SSSR count). The second-order valence-electron chi connectivity index (χ2n) is 8.94. The topological polar surface area (TPSA) is 35.5 Å². The van der Waals surface area contributed by atoms with Crippen molar-refractivity contribution >= 4 is 5.97 Å². The standard InChI is InChI=1S/C27H28NO3/c1-28(17-15-20-9-3-2-4-10-20)18-16-21(19-28)30-27(29)26-22-11-5-7-13-24(22)31-25-14-8-6-12-23(25)26/h2-14,21,26H,15-19H2,1H3/q+1/t21-,28?/m0/s1. The third-order valence-electron chi connectivity index (χ3n) is 6.62. The maximum absolute atomic E-state index is 13.4. The lowest BCUT2D eigenvalue weighted by Crippen LogP contribution is -2.44. The molecule has 4 heteroatoms. The average Bonchev–Trinajstić information content (AvgIpc) is 3.17. The van der Waals surface area contributed by atoms with Crippen molar-refractivity contribution in [3.8, 4) is 11.5 Å². The van der Waals surface area contributed by atoms with Crippen LogP contribution in [0.15, 0.2) is 78.9 Å². The molecule has 2 atom stereocenters. The predicted octanol–water partition coefficient (Wildman–Crippen LogP) is 4.93. The van der Waals surface area contributed by atoms with Gasteiger partial charge in [0, 0.05) is 24.0 Å². The van der Waals surface area contributed by atoms with Gasteiger partial charge in [-0.25, -0.2) is 0 Å². The van der Waals surface area contributed by atoms with Crippen molar-refractivity contribution in [2.75, 3.05) is 26.7 Å². The highest BCUT2D eigenvalue weighted by atomic mass is 16.5. The van der Waals surface area contributed by atoms with E-state index in [4.69, 9.17) is 9.47 Å². The number of nitrogens with zero attached hydrogens (tertiary/aromatic N) is 1. The summed E-state index contributed by atoms with van der Waals surface area (Å²) in [4.78, 5) is 13.4. The lowest BCUT2D eigenvalue weighted by Gasteiger charge is -2.30. The molecule has 1 fully saturated rings. The Hall–Kier alpha value is -3.11. The van der Waals surface area contributed by atoms with Crippen LogP contribution in [0.25, 0.3) is 0 Å². The Morgan fingerprint density at radius 3 is 2.23 bits per heavy atom. The molecule has 0 aliphatic carbocycles. The van der Waals surface area contributed by atoms with Crippen molar-refractivity contribution in [2.24, 2.45) is 0 Å². The number of ether oxygens (including phenoxy) is 2. The number of hydrogen-bond acceptors (Lipinski definition) is 3. The Labute approximate surface area is 183 Å². The molecule has 2 aliphatic heterocycles. The number of esters is 1. The van der Waals surface area contributed by atoms with Gasteiger partial charge in [-0.2, -0.15) is 0 Å². The van der Waals surface area contributed by atoms with Crippen LogP contribution >= 0.6 is 0 Å². The summed E-state index contributed by atoms with van der Waals surface area (Å²) in [6, 6.07) is 26.1. The SMILES string of the molecule is C[N+]1(CCc2ccccc2)CC[C@H](OC(=O)C2c3ccccc3Oc3ccccc32)C1. The highest BCUT2D eigenvalue weighted by Crippen LogP contribution is 2.44. The molecule has 0 amide bonds. The number of likely N-dealkylation sites (tertiary alicyclic amines) is 1. The van der Waals surface area contributed by atoms with Crippen LogP contribution in [0.3, 0.4) is 0 Å². The number of fused-ring (bicyclic) bond motifs is 2. The van der Waals surface area contributed by atoms with Gasteiger partial charge in [0.1, 0.15) is 24.0 Å². The number of carbonyl (C=O) groups excluding carboxylic acids is 1. The van der Waals surface area contributed by atoms with E-state index >= 15 is 0 Å². The van der Waals surface area contributed by atoms with Crippen LogP contribution in [0.1, 0.15) is 29.0 Å². The summed E-state index contributed by atoms with van der Waals surface area (Å²) < 4.78 is 13.1. The minimum atomic E-state index is -0.440. The lowest BCUT2D eigenvalue weighted by atomic mass is 9.88. The quantitative estimate of drug-likeness (QED) is 0.439. The molecular formula is C27H28NO3+. The molecule has 2 aliphatic rings. The number of likely N-dealkylation sites (N-methyl/N-ethyl adjacent to an activating group) is 1. The second-order valence-corrected chi connectivity index (χ2v) is 8.94. The molecule has 1 unspecified atom stereocenters. The molecular weight excluding hydrogens is 386 g/mol. The number of hydrogen-bond donors (Lipinski definition) is 0. The van der Waals surface area contributed by atoms with E-state index in [1.54, 1.807) is 0 Å². The van der Waals surface area contributed by atoms with E-state index in [-0.39, 0.29) is 12.1 Å². The molecule has 31 heavy (non-hydrogen) atoms. The first kappa shape index (κ1) is 19.8. The van der Waals surface area contributed by atoms with Crippen LogP contribution in [-0.4, -0.2) is 43.2 Å².